The molecule has 12 atom stereocenters. The van der Waals surface area contributed by atoms with Crippen LogP contribution in [-0.2, 0) is 28.0 Å². The van der Waals surface area contributed by atoms with Gasteiger partial charge in [-0.1, -0.05) is 85.1 Å². The van der Waals surface area contributed by atoms with Crippen molar-refractivity contribution in [3.8, 4) is 0 Å². The Labute approximate surface area is 291 Å². The summed E-state index contributed by atoms with van der Waals surface area (Å²) in [6.07, 6.45) is 34.4. The van der Waals surface area contributed by atoms with E-state index in [1.54, 1.807) is 0 Å². The Bertz CT molecular complexity index is 1440. The van der Waals surface area contributed by atoms with Crippen LogP contribution in [0, 0.1) is 11.8 Å². The van der Waals surface area contributed by atoms with Crippen molar-refractivity contribution in [1.29, 1.82) is 0 Å². The molecule has 0 aromatic rings. The first-order valence-corrected chi connectivity index (χ1v) is 20.3. The Hall–Kier alpha value is -2.13. The molecule has 1 fully saturated rings. The van der Waals surface area contributed by atoms with Crippen LogP contribution >= 0.6 is 7.37 Å². The summed E-state index contributed by atoms with van der Waals surface area (Å²) in [7, 11) is -3.40. The minimum atomic E-state index is -3.40. The predicted molar refractivity (Wildman–Crippen MR) is 191 cm³/mol. The topological polar surface area (TPSA) is 104 Å². The van der Waals surface area contributed by atoms with Gasteiger partial charge in [-0.25, -0.2) is 0 Å². The molecule has 6 aliphatic carbocycles. The van der Waals surface area contributed by atoms with Crippen molar-refractivity contribution in [2.45, 2.75) is 112 Å². The Morgan fingerprint density at radius 2 is 1.53 bits per heavy atom. The smallest absolute Gasteiger partial charge is 0.216 e. The van der Waals surface area contributed by atoms with Gasteiger partial charge in [-0.05, 0) is 68.9 Å². The molecule has 2 N–H and O–H groups in total. The average molecular weight is 693 g/mol. The standard InChI is InChI=1S/C40H53O8P/c41-28(24-44-30-13-3-1-4-14-30)26-46-37-23-39(49(43)38-22-12-10-19-34(38)32-17-9-11-21-36(32)48-49)40(35-20-8-7-18-33(35)37)47-27-29(42)25-45-31-15-5-2-6-16-31/h1,3-5,7,9-10,12-13,15,17-19,22,28-32,34,36-42H,2,6,8,11,14,16,20-21,23-27H2. The zero-order valence-corrected chi connectivity index (χ0v) is 29.3. The fourth-order valence-electron chi connectivity index (χ4n) is 8.58. The molecule has 7 rings (SSSR count). The molecule has 49 heavy (non-hydrogen) atoms. The molecule has 0 aromatic heterocycles. The number of aliphatic hydroxyl groups is 2. The summed E-state index contributed by atoms with van der Waals surface area (Å²) in [5, 5.41) is 21.9. The summed E-state index contributed by atoms with van der Waals surface area (Å²) in [6.45, 7) is 0.519. The van der Waals surface area contributed by atoms with Crippen molar-refractivity contribution < 1.29 is 38.2 Å². The number of ether oxygens (including phenoxy) is 4. The fraction of sp³-hybridized carbons (Fsp3) is 0.600. The highest BCUT2D eigenvalue weighted by Gasteiger charge is 2.58. The minimum Gasteiger partial charge on any atom is -0.388 e. The van der Waals surface area contributed by atoms with Crippen LogP contribution in [0.4, 0.5) is 0 Å². The normalized spacial score (nSPS) is 39.0. The summed E-state index contributed by atoms with van der Waals surface area (Å²) in [5.74, 6) is 0.264. The predicted octanol–water partition coefficient (Wildman–Crippen LogP) is 6.68. The van der Waals surface area contributed by atoms with Gasteiger partial charge in [0, 0.05) is 11.8 Å². The fourth-order valence-corrected chi connectivity index (χ4v) is 12.2. The van der Waals surface area contributed by atoms with Crippen LogP contribution in [-0.4, -0.2) is 90.7 Å². The van der Waals surface area contributed by atoms with Crippen LogP contribution in [0.15, 0.2) is 96.2 Å². The Morgan fingerprint density at radius 1 is 0.755 bits per heavy atom. The summed E-state index contributed by atoms with van der Waals surface area (Å²) in [5.41, 5.74) is 1.34. The van der Waals surface area contributed by atoms with E-state index in [1.165, 1.54) is 0 Å². The molecule has 1 aliphatic heterocycles. The maximum absolute atomic E-state index is 15.7. The molecular formula is C40H53O8P. The second-order valence-corrected chi connectivity index (χ2v) is 17.2. The van der Waals surface area contributed by atoms with E-state index in [-0.39, 0.29) is 68.3 Å². The van der Waals surface area contributed by atoms with E-state index in [2.05, 4.69) is 60.8 Å². The first-order valence-electron chi connectivity index (χ1n) is 18.5. The second kappa shape index (κ2) is 16.5. The maximum atomic E-state index is 15.7. The van der Waals surface area contributed by atoms with Crippen LogP contribution in [0.25, 0.3) is 0 Å². The van der Waals surface area contributed by atoms with Gasteiger partial charge in [0.25, 0.3) is 0 Å². The number of fused-ring (bicyclic) bond motifs is 3. The van der Waals surface area contributed by atoms with Gasteiger partial charge in [0.2, 0.25) is 7.37 Å². The zero-order valence-electron chi connectivity index (χ0n) is 28.4. The molecule has 12 unspecified atom stereocenters. The van der Waals surface area contributed by atoms with Crippen molar-refractivity contribution in [1.82, 2.24) is 0 Å². The van der Waals surface area contributed by atoms with Gasteiger partial charge >= 0.3 is 0 Å². The van der Waals surface area contributed by atoms with E-state index in [4.69, 9.17) is 23.5 Å². The minimum absolute atomic E-state index is 0.0188. The van der Waals surface area contributed by atoms with E-state index in [0.29, 0.717) is 6.42 Å². The van der Waals surface area contributed by atoms with Crippen LogP contribution < -0.4 is 0 Å². The quantitative estimate of drug-likeness (QED) is 0.163. The third-order valence-corrected chi connectivity index (χ3v) is 14.4. The number of hydrogen-bond acceptors (Lipinski definition) is 8. The van der Waals surface area contributed by atoms with Crippen LogP contribution in [0.2, 0.25) is 0 Å². The first kappa shape index (κ1) is 35.3. The largest absolute Gasteiger partial charge is 0.388 e. The Balaban J connectivity index is 1.12. The van der Waals surface area contributed by atoms with Gasteiger partial charge in [0.1, 0.15) is 12.2 Å². The number of rotatable bonds is 13. The molecule has 8 nitrogen and oxygen atoms in total. The van der Waals surface area contributed by atoms with E-state index >= 15 is 4.57 Å². The van der Waals surface area contributed by atoms with Gasteiger partial charge in [-0.3, -0.25) is 4.57 Å². The van der Waals surface area contributed by atoms with Crippen LogP contribution in [0.3, 0.4) is 0 Å². The van der Waals surface area contributed by atoms with Crippen LogP contribution in [0.1, 0.15) is 57.8 Å². The summed E-state index contributed by atoms with van der Waals surface area (Å²) >= 11 is 0. The molecule has 0 saturated carbocycles. The molecule has 0 amide bonds. The van der Waals surface area contributed by atoms with E-state index in [9.17, 15) is 10.2 Å². The van der Waals surface area contributed by atoms with Gasteiger partial charge in [-0.2, -0.15) is 0 Å². The Morgan fingerprint density at radius 3 is 2.35 bits per heavy atom. The molecule has 1 heterocycles. The first-order chi connectivity index (χ1) is 24.0. The lowest BCUT2D eigenvalue weighted by Crippen LogP contribution is -2.50. The lowest BCUT2D eigenvalue weighted by Gasteiger charge is -2.51. The lowest BCUT2D eigenvalue weighted by atomic mass is 9.78. The van der Waals surface area contributed by atoms with Crippen molar-refractivity contribution in [3.63, 3.8) is 0 Å². The molecule has 0 radical (unpaired) electrons. The molecule has 7 aliphatic rings. The molecule has 9 heteroatoms. The molecule has 0 aromatic carbocycles. The summed E-state index contributed by atoms with van der Waals surface area (Å²) in [6, 6.07) is 0. The molecule has 0 spiro atoms. The highest BCUT2D eigenvalue weighted by atomic mass is 31.2. The van der Waals surface area contributed by atoms with Gasteiger partial charge < -0.3 is 33.7 Å². The number of allylic oxidation sites excluding steroid dienone is 9. The van der Waals surface area contributed by atoms with Crippen LogP contribution in [0.5, 0.6) is 0 Å². The highest BCUT2D eigenvalue weighted by molar-refractivity contribution is 7.61. The summed E-state index contributed by atoms with van der Waals surface area (Å²) in [4.78, 5) is 0. The van der Waals surface area contributed by atoms with Crippen molar-refractivity contribution >= 4 is 7.37 Å². The Kier molecular flexibility index (Phi) is 11.9. The maximum Gasteiger partial charge on any atom is 0.216 e. The average Bonchev–Trinajstić information content (AvgIpc) is 3.15. The molecule has 266 valence electrons. The monoisotopic (exact) mass is 692 g/mol. The van der Waals surface area contributed by atoms with E-state index < -0.39 is 31.3 Å². The highest BCUT2D eigenvalue weighted by Crippen LogP contribution is 2.69. The van der Waals surface area contributed by atoms with Crippen molar-refractivity contribution in [3.05, 3.63) is 96.2 Å². The number of aliphatic hydroxyl groups excluding tert-OH is 2. The molecule has 1 saturated heterocycles. The van der Waals surface area contributed by atoms with Crippen molar-refractivity contribution in [2.24, 2.45) is 11.8 Å². The van der Waals surface area contributed by atoms with Gasteiger partial charge in [0.05, 0.1) is 68.3 Å². The van der Waals surface area contributed by atoms with Crippen molar-refractivity contribution in [2.75, 3.05) is 26.4 Å². The number of hydrogen-bond donors (Lipinski definition) is 2. The third kappa shape index (κ3) is 8.18. The third-order valence-electron chi connectivity index (χ3n) is 11.0. The van der Waals surface area contributed by atoms with Gasteiger partial charge in [-0.15, -0.1) is 0 Å². The van der Waals surface area contributed by atoms with E-state index in [0.717, 1.165) is 62.5 Å². The van der Waals surface area contributed by atoms with Gasteiger partial charge in [0.15, 0.2) is 0 Å². The molecular weight excluding hydrogens is 639 g/mol. The summed E-state index contributed by atoms with van der Waals surface area (Å²) < 4.78 is 47.8. The van der Waals surface area contributed by atoms with E-state index in [1.807, 2.05) is 24.3 Å². The zero-order chi connectivity index (χ0) is 33.6. The lowest BCUT2D eigenvalue weighted by molar-refractivity contribution is -0.0662. The molecule has 0 bridgehead atoms. The second-order valence-electron chi connectivity index (χ2n) is 14.5. The SMILES string of the molecule is O=P1(C2CC(OCC(O)COC3C=CC=CC3)C3=C(CCC=C3)C2OCC(O)COC2C=CCCC2)OC2CCC=CC2C2C=CC=CC21.